The molecule has 0 aliphatic carbocycles. The summed E-state index contributed by atoms with van der Waals surface area (Å²) in [5.41, 5.74) is 2.53. The second-order valence-electron chi connectivity index (χ2n) is 9.62. The number of nitrogens with zero attached hydrogens (tertiary/aromatic N) is 4. The van der Waals surface area contributed by atoms with Crippen molar-refractivity contribution in [3.05, 3.63) is 94.7 Å². The number of hydrogen-bond donors (Lipinski definition) is 0. The minimum absolute atomic E-state index is 0.0451. The van der Waals surface area contributed by atoms with E-state index in [-0.39, 0.29) is 23.4 Å². The number of hydrogen-bond acceptors (Lipinski definition) is 9. The van der Waals surface area contributed by atoms with Gasteiger partial charge in [0.15, 0.2) is 4.80 Å². The van der Waals surface area contributed by atoms with Crippen molar-refractivity contribution in [2.75, 3.05) is 31.7 Å². The molecule has 2 aliphatic rings. The van der Waals surface area contributed by atoms with Gasteiger partial charge in [-0.25, -0.2) is 9.79 Å². The molecule has 0 spiro atoms. The summed E-state index contributed by atoms with van der Waals surface area (Å²) in [6.07, 6.45) is 4.92. The molecule has 0 bridgehead atoms. The fraction of sp³-hybridized carbons (Fsp3) is 0.345. The quantitative estimate of drug-likeness (QED) is 0.245. The molecule has 0 N–H and O–H groups in total. The van der Waals surface area contributed by atoms with Crippen molar-refractivity contribution in [1.29, 1.82) is 0 Å². The molecule has 2 aromatic carbocycles. The first-order valence-corrected chi connectivity index (χ1v) is 14.0. The first-order chi connectivity index (χ1) is 19.3. The second kappa shape index (κ2) is 11.5. The number of fused-ring (bicyclic) bond motifs is 1. The van der Waals surface area contributed by atoms with E-state index in [0.29, 0.717) is 31.9 Å². The van der Waals surface area contributed by atoms with Crippen LogP contribution in [0, 0.1) is 10.1 Å². The molecule has 3 aromatic rings. The molecule has 0 saturated carbocycles. The third-order valence-electron chi connectivity index (χ3n) is 7.15. The van der Waals surface area contributed by atoms with Crippen LogP contribution in [0.3, 0.4) is 0 Å². The van der Waals surface area contributed by atoms with Crippen molar-refractivity contribution in [3.63, 3.8) is 0 Å². The minimum atomic E-state index is -0.755. The summed E-state index contributed by atoms with van der Waals surface area (Å²) >= 11 is 1.19. The van der Waals surface area contributed by atoms with Gasteiger partial charge in [-0.3, -0.25) is 19.5 Å². The number of nitro groups is 1. The van der Waals surface area contributed by atoms with Crippen molar-refractivity contribution >= 4 is 34.8 Å². The second-order valence-corrected chi connectivity index (χ2v) is 10.6. The number of piperidine rings is 1. The summed E-state index contributed by atoms with van der Waals surface area (Å²) in [7, 11) is 1.57. The van der Waals surface area contributed by atoms with E-state index >= 15 is 0 Å². The zero-order chi connectivity index (χ0) is 28.4. The Morgan fingerprint density at radius 1 is 1.18 bits per heavy atom. The van der Waals surface area contributed by atoms with Gasteiger partial charge in [0.1, 0.15) is 5.75 Å². The Hall–Kier alpha value is -4.25. The molecule has 1 fully saturated rings. The van der Waals surface area contributed by atoms with Crippen LogP contribution in [0.25, 0.3) is 6.08 Å². The lowest BCUT2D eigenvalue weighted by molar-refractivity contribution is -0.384. The molecule has 40 heavy (non-hydrogen) atoms. The molecular formula is C29H30N4O6S. The molecular weight excluding hydrogens is 532 g/mol. The lowest BCUT2D eigenvalue weighted by atomic mass is 9.96. The Kier molecular flexibility index (Phi) is 7.83. The molecule has 0 amide bonds. The number of anilines is 1. The van der Waals surface area contributed by atoms with Crippen LogP contribution in [0.2, 0.25) is 0 Å². The Labute approximate surface area is 234 Å². The van der Waals surface area contributed by atoms with Crippen molar-refractivity contribution in [2.24, 2.45) is 4.99 Å². The van der Waals surface area contributed by atoms with Gasteiger partial charge in [-0.05, 0) is 62.9 Å². The first-order valence-electron chi connectivity index (χ1n) is 13.2. The molecule has 10 nitrogen and oxygen atoms in total. The lowest BCUT2D eigenvalue weighted by Gasteiger charge is -2.30. The number of thiazole rings is 1. The van der Waals surface area contributed by atoms with Gasteiger partial charge < -0.3 is 14.4 Å². The van der Waals surface area contributed by atoms with Crippen molar-refractivity contribution < 1.29 is 19.2 Å². The standard InChI is InChI=1S/C29H30N4O6S/c1-4-39-28(35)25-18(2)30-29-32(26(25)19-8-11-22(38-3)12-9-19)27(34)24(40-29)17-20-16-21(33(36)37)10-13-23(20)31-14-6-5-7-15-31/h8-13,16-17,26H,4-7,14-15H2,1-3H3/t26-/m1/s1. The van der Waals surface area contributed by atoms with Crippen LogP contribution >= 0.6 is 11.3 Å². The molecule has 1 saturated heterocycles. The predicted octanol–water partition coefficient (Wildman–Crippen LogP) is 3.71. The third kappa shape index (κ3) is 5.16. The monoisotopic (exact) mass is 562 g/mol. The van der Waals surface area contributed by atoms with E-state index in [1.807, 2.05) is 12.1 Å². The molecule has 0 radical (unpaired) electrons. The van der Waals surface area contributed by atoms with Gasteiger partial charge in [0.25, 0.3) is 11.2 Å². The summed E-state index contributed by atoms with van der Waals surface area (Å²) in [6.45, 7) is 5.33. The summed E-state index contributed by atoms with van der Waals surface area (Å²) < 4.78 is 12.5. The molecule has 208 valence electrons. The van der Waals surface area contributed by atoms with Crippen molar-refractivity contribution in [1.82, 2.24) is 4.57 Å². The van der Waals surface area contributed by atoms with Crippen LogP contribution in [-0.2, 0) is 9.53 Å². The van der Waals surface area contributed by atoms with Crippen molar-refractivity contribution in [3.8, 4) is 5.75 Å². The summed E-state index contributed by atoms with van der Waals surface area (Å²) in [4.78, 5) is 45.5. The van der Waals surface area contributed by atoms with Crippen LogP contribution in [-0.4, -0.2) is 42.3 Å². The number of carbonyl (C=O) groups excluding carboxylic acids is 1. The van der Waals surface area contributed by atoms with Crippen molar-refractivity contribution in [2.45, 2.75) is 39.2 Å². The van der Waals surface area contributed by atoms with E-state index < -0.39 is 16.9 Å². The smallest absolute Gasteiger partial charge is 0.338 e. The average Bonchev–Trinajstić information content (AvgIpc) is 3.26. The van der Waals surface area contributed by atoms with Crippen LogP contribution in [0.1, 0.15) is 50.3 Å². The number of carbonyl (C=O) groups is 1. The maximum Gasteiger partial charge on any atom is 0.338 e. The number of rotatable bonds is 7. The molecule has 1 atom stereocenters. The van der Waals surface area contributed by atoms with Crippen LogP contribution in [0.5, 0.6) is 5.75 Å². The van der Waals surface area contributed by atoms with E-state index in [2.05, 4.69) is 9.89 Å². The Morgan fingerprint density at radius 2 is 1.90 bits per heavy atom. The number of benzene rings is 2. The minimum Gasteiger partial charge on any atom is -0.497 e. The molecule has 2 aliphatic heterocycles. The highest BCUT2D eigenvalue weighted by molar-refractivity contribution is 7.07. The molecule has 3 heterocycles. The fourth-order valence-corrected chi connectivity index (χ4v) is 6.27. The average molecular weight is 563 g/mol. The van der Waals surface area contributed by atoms with Gasteiger partial charge in [-0.15, -0.1) is 0 Å². The largest absolute Gasteiger partial charge is 0.497 e. The number of aromatic nitrogens is 1. The summed E-state index contributed by atoms with van der Waals surface area (Å²) in [6, 6.07) is 11.2. The van der Waals surface area contributed by atoms with Crippen LogP contribution in [0.15, 0.2) is 63.5 Å². The first kappa shape index (κ1) is 27.3. The van der Waals surface area contributed by atoms with Crippen LogP contribution in [0.4, 0.5) is 11.4 Å². The van der Waals surface area contributed by atoms with Gasteiger partial charge in [-0.1, -0.05) is 23.5 Å². The normalized spacial score (nSPS) is 17.3. The van der Waals surface area contributed by atoms with E-state index in [1.165, 1.54) is 28.0 Å². The van der Waals surface area contributed by atoms with E-state index in [1.54, 1.807) is 45.2 Å². The van der Waals surface area contributed by atoms with Gasteiger partial charge >= 0.3 is 5.97 Å². The highest BCUT2D eigenvalue weighted by Gasteiger charge is 2.33. The number of allylic oxidation sites excluding steroid dienone is 1. The number of non-ortho nitro benzene ring substituents is 1. The number of methoxy groups -OCH3 is 1. The molecule has 0 unspecified atom stereocenters. The van der Waals surface area contributed by atoms with Gasteiger partial charge in [-0.2, -0.15) is 0 Å². The van der Waals surface area contributed by atoms with Gasteiger partial charge in [0, 0.05) is 36.5 Å². The number of esters is 1. The Bertz CT molecular complexity index is 1670. The van der Waals surface area contributed by atoms with Gasteiger partial charge in [0.05, 0.1) is 40.5 Å². The maximum atomic E-state index is 14.0. The van der Waals surface area contributed by atoms with Crippen LogP contribution < -0.4 is 24.5 Å². The Balaban J connectivity index is 1.70. The maximum absolute atomic E-state index is 14.0. The zero-order valence-corrected chi connectivity index (χ0v) is 23.4. The van der Waals surface area contributed by atoms with E-state index in [0.717, 1.165) is 38.0 Å². The lowest BCUT2D eigenvalue weighted by Crippen LogP contribution is -2.40. The highest BCUT2D eigenvalue weighted by atomic mass is 32.1. The molecule has 1 aromatic heterocycles. The zero-order valence-electron chi connectivity index (χ0n) is 22.6. The molecule has 11 heteroatoms. The molecule has 5 rings (SSSR count). The Morgan fingerprint density at radius 3 is 2.55 bits per heavy atom. The van der Waals surface area contributed by atoms with E-state index in [9.17, 15) is 19.7 Å². The highest BCUT2D eigenvalue weighted by Crippen LogP contribution is 2.32. The summed E-state index contributed by atoms with van der Waals surface area (Å²) in [5.74, 6) is 0.107. The van der Waals surface area contributed by atoms with E-state index in [4.69, 9.17) is 9.47 Å². The predicted molar refractivity (Wildman–Crippen MR) is 153 cm³/mol. The SMILES string of the molecule is CCOC(=O)C1=C(C)N=c2sc(=Cc3cc([N+](=O)[O-])ccc3N3CCCCC3)c(=O)n2[C@@H]1c1ccc(OC)cc1. The summed E-state index contributed by atoms with van der Waals surface area (Å²) in [5, 5.41) is 11.6. The topological polar surface area (TPSA) is 116 Å². The fourth-order valence-electron chi connectivity index (χ4n) is 5.23. The number of ether oxygens (including phenoxy) is 2. The number of nitro benzene ring substituents is 1. The third-order valence-corrected chi connectivity index (χ3v) is 8.14. The van der Waals surface area contributed by atoms with Gasteiger partial charge in [0.2, 0.25) is 0 Å².